The molecule has 156 valence electrons. The van der Waals surface area contributed by atoms with Gasteiger partial charge >= 0.3 is 5.97 Å². The Bertz CT molecular complexity index is 978. The lowest BCUT2D eigenvalue weighted by Crippen LogP contribution is -2.57. The van der Waals surface area contributed by atoms with Crippen LogP contribution in [0.5, 0.6) is 0 Å². The third-order valence-electron chi connectivity index (χ3n) is 6.07. The minimum absolute atomic E-state index is 0.146. The number of benzene rings is 2. The molecule has 0 bridgehead atoms. The molecule has 4 atom stereocenters. The average molecular weight is 410 g/mol. The number of hydrogen-bond acceptors (Lipinski definition) is 5. The van der Waals surface area contributed by atoms with E-state index in [2.05, 4.69) is 5.32 Å². The van der Waals surface area contributed by atoms with Crippen LogP contribution in [0.4, 0.5) is 4.39 Å². The summed E-state index contributed by atoms with van der Waals surface area (Å²) >= 11 is 0. The summed E-state index contributed by atoms with van der Waals surface area (Å²) < 4.78 is 18.9. The van der Waals surface area contributed by atoms with Gasteiger partial charge in [0.1, 0.15) is 11.4 Å². The fourth-order valence-corrected chi connectivity index (χ4v) is 4.70. The number of carbonyl (C=O) groups excluding carboxylic acids is 3. The van der Waals surface area contributed by atoms with Crippen molar-refractivity contribution in [2.24, 2.45) is 11.8 Å². The topological polar surface area (TPSA) is 75.7 Å². The Morgan fingerprint density at radius 3 is 2.40 bits per heavy atom. The van der Waals surface area contributed by atoms with Crippen LogP contribution >= 0.6 is 0 Å². The molecule has 2 aromatic carbocycles. The van der Waals surface area contributed by atoms with E-state index in [-0.39, 0.29) is 18.9 Å². The van der Waals surface area contributed by atoms with E-state index in [1.54, 1.807) is 19.1 Å². The van der Waals surface area contributed by atoms with Crippen LogP contribution in [0, 0.1) is 17.7 Å². The molecule has 4 rings (SSSR count). The van der Waals surface area contributed by atoms with Crippen LogP contribution < -0.4 is 5.32 Å². The molecule has 2 saturated heterocycles. The molecular weight excluding hydrogens is 387 g/mol. The van der Waals surface area contributed by atoms with E-state index in [4.69, 9.17) is 4.74 Å². The number of carbonyl (C=O) groups is 3. The van der Waals surface area contributed by atoms with Crippen molar-refractivity contribution in [1.29, 1.82) is 0 Å². The van der Waals surface area contributed by atoms with E-state index in [0.29, 0.717) is 5.56 Å². The Balaban J connectivity index is 1.85. The summed E-state index contributed by atoms with van der Waals surface area (Å²) in [7, 11) is 1.43. The first-order valence-corrected chi connectivity index (χ1v) is 9.94. The average Bonchev–Trinajstić information content (AvgIpc) is 3.20. The Morgan fingerprint density at radius 1 is 1.10 bits per heavy atom. The molecule has 2 aliphatic heterocycles. The third kappa shape index (κ3) is 3.10. The number of nitrogens with zero attached hydrogens (tertiary/aromatic N) is 1. The van der Waals surface area contributed by atoms with E-state index in [0.717, 1.165) is 10.5 Å². The minimum atomic E-state index is -1.40. The van der Waals surface area contributed by atoms with Crippen molar-refractivity contribution in [3.63, 3.8) is 0 Å². The van der Waals surface area contributed by atoms with Crippen molar-refractivity contribution in [1.82, 2.24) is 10.2 Å². The smallest absolute Gasteiger partial charge is 0.327 e. The third-order valence-corrected chi connectivity index (χ3v) is 6.07. The second-order valence-corrected chi connectivity index (χ2v) is 7.77. The molecule has 0 saturated carbocycles. The standard InChI is InChI=1S/C23H23FN2O4/c1-3-30-22(29)23(13-14-7-5-4-6-8-14)18-17(20(27)26(2)21(18)28)19(25-23)15-9-11-16(24)12-10-15/h4-12,17-19,25H,3,13H2,1-2H3/t17-,18-,19+,23+/m0/s1. The summed E-state index contributed by atoms with van der Waals surface area (Å²) in [5.74, 6) is -3.42. The molecule has 2 fully saturated rings. The maximum Gasteiger partial charge on any atom is 0.327 e. The zero-order valence-electron chi connectivity index (χ0n) is 16.8. The highest BCUT2D eigenvalue weighted by Crippen LogP contribution is 2.50. The normalized spacial score (nSPS) is 28.0. The molecule has 30 heavy (non-hydrogen) atoms. The summed E-state index contributed by atoms with van der Waals surface area (Å²) in [6, 6.07) is 14.4. The zero-order valence-corrected chi connectivity index (χ0v) is 16.8. The Morgan fingerprint density at radius 2 is 1.77 bits per heavy atom. The number of fused-ring (bicyclic) bond motifs is 1. The van der Waals surface area contributed by atoms with Gasteiger partial charge in [0, 0.05) is 19.5 Å². The van der Waals surface area contributed by atoms with E-state index in [1.807, 2.05) is 30.3 Å². The highest BCUT2D eigenvalue weighted by Gasteiger charge is 2.68. The van der Waals surface area contributed by atoms with E-state index < -0.39 is 41.1 Å². The van der Waals surface area contributed by atoms with Gasteiger partial charge in [-0.1, -0.05) is 42.5 Å². The Labute approximate surface area is 174 Å². The summed E-state index contributed by atoms with van der Waals surface area (Å²) in [5, 5.41) is 3.29. The van der Waals surface area contributed by atoms with E-state index in [9.17, 15) is 18.8 Å². The van der Waals surface area contributed by atoms with Gasteiger partial charge in [0.2, 0.25) is 11.8 Å². The first-order valence-electron chi connectivity index (χ1n) is 9.94. The molecule has 0 aromatic heterocycles. The van der Waals surface area contributed by atoms with Crippen LogP contribution in [-0.2, 0) is 25.5 Å². The zero-order chi connectivity index (χ0) is 21.5. The van der Waals surface area contributed by atoms with E-state index in [1.165, 1.54) is 19.2 Å². The van der Waals surface area contributed by atoms with Gasteiger partial charge in [0.05, 0.1) is 18.4 Å². The predicted molar refractivity (Wildman–Crippen MR) is 107 cm³/mol. The van der Waals surface area contributed by atoms with Gasteiger partial charge in [0.15, 0.2) is 0 Å². The summed E-state index contributed by atoms with van der Waals surface area (Å²) in [6.07, 6.45) is 0.193. The van der Waals surface area contributed by atoms with Gasteiger partial charge in [0.25, 0.3) is 0 Å². The van der Waals surface area contributed by atoms with Crippen LogP contribution in [0.3, 0.4) is 0 Å². The van der Waals surface area contributed by atoms with Crippen molar-refractivity contribution >= 4 is 17.8 Å². The molecule has 0 aliphatic carbocycles. The van der Waals surface area contributed by atoms with Crippen LogP contribution in [0.25, 0.3) is 0 Å². The van der Waals surface area contributed by atoms with Crippen molar-refractivity contribution in [3.8, 4) is 0 Å². The maximum atomic E-state index is 13.5. The van der Waals surface area contributed by atoms with Gasteiger partial charge < -0.3 is 4.74 Å². The molecule has 2 amide bonds. The van der Waals surface area contributed by atoms with Gasteiger partial charge in [-0.3, -0.25) is 24.6 Å². The molecule has 2 aliphatic rings. The number of nitrogens with one attached hydrogen (secondary N) is 1. The lowest BCUT2D eigenvalue weighted by Gasteiger charge is -2.32. The Kier molecular flexibility index (Phi) is 5.15. The summed E-state index contributed by atoms with van der Waals surface area (Å²) in [5.41, 5.74) is 0.0759. The van der Waals surface area contributed by atoms with Crippen LogP contribution in [0.1, 0.15) is 24.1 Å². The highest BCUT2D eigenvalue weighted by atomic mass is 19.1. The molecule has 6 nitrogen and oxygen atoms in total. The number of ether oxygens (including phenoxy) is 1. The van der Waals surface area contributed by atoms with Crippen LogP contribution in [0.2, 0.25) is 0 Å². The van der Waals surface area contributed by atoms with Gasteiger partial charge in [-0.2, -0.15) is 0 Å². The van der Waals surface area contributed by atoms with Gasteiger partial charge in [-0.05, 0) is 30.2 Å². The minimum Gasteiger partial charge on any atom is -0.465 e. The lowest BCUT2D eigenvalue weighted by molar-refractivity contribution is -0.156. The fourth-order valence-electron chi connectivity index (χ4n) is 4.70. The van der Waals surface area contributed by atoms with Gasteiger partial charge in [-0.25, -0.2) is 4.39 Å². The van der Waals surface area contributed by atoms with Crippen LogP contribution in [0.15, 0.2) is 54.6 Å². The second-order valence-electron chi connectivity index (χ2n) is 7.77. The predicted octanol–water partition coefficient (Wildman–Crippen LogP) is 2.25. The number of hydrogen-bond donors (Lipinski definition) is 1. The van der Waals surface area contributed by atoms with Crippen molar-refractivity contribution in [3.05, 3.63) is 71.5 Å². The molecular formula is C23H23FN2O4. The highest BCUT2D eigenvalue weighted by molar-refractivity contribution is 6.09. The van der Waals surface area contributed by atoms with Gasteiger partial charge in [-0.15, -0.1) is 0 Å². The molecule has 0 spiro atoms. The summed E-state index contributed by atoms with van der Waals surface area (Å²) in [6.45, 7) is 1.85. The van der Waals surface area contributed by atoms with Crippen LogP contribution in [-0.4, -0.2) is 41.9 Å². The largest absolute Gasteiger partial charge is 0.465 e. The Hall–Kier alpha value is -3.06. The number of amides is 2. The first-order chi connectivity index (χ1) is 14.4. The molecule has 1 N–H and O–H groups in total. The fraction of sp³-hybridized carbons (Fsp3) is 0.348. The number of rotatable bonds is 5. The first kappa shape index (κ1) is 20.2. The SMILES string of the molecule is CCOC(=O)[C@]1(Cc2ccccc2)N[C@H](c2ccc(F)cc2)[C@H]2C(=O)N(C)C(=O)[C@H]21. The number of halogens is 1. The summed E-state index contributed by atoms with van der Waals surface area (Å²) in [4.78, 5) is 40.5. The number of esters is 1. The molecule has 2 heterocycles. The van der Waals surface area contributed by atoms with Crippen molar-refractivity contribution < 1.29 is 23.5 Å². The number of likely N-dealkylation sites (tertiary alicyclic amines) is 1. The van der Waals surface area contributed by atoms with E-state index >= 15 is 0 Å². The molecule has 0 radical (unpaired) electrons. The molecule has 2 aromatic rings. The van der Waals surface area contributed by atoms with Crippen molar-refractivity contribution in [2.75, 3.05) is 13.7 Å². The maximum absolute atomic E-state index is 13.5. The molecule has 7 heteroatoms. The quantitative estimate of drug-likeness (QED) is 0.605. The number of imide groups is 1. The van der Waals surface area contributed by atoms with Crippen molar-refractivity contribution in [2.45, 2.75) is 24.9 Å². The second kappa shape index (κ2) is 7.65. The monoisotopic (exact) mass is 410 g/mol. The molecule has 0 unspecified atom stereocenters. The lowest BCUT2D eigenvalue weighted by atomic mass is 9.76.